The highest BCUT2D eigenvalue weighted by atomic mass is 79.9. The number of hydrogen-bond donors (Lipinski definition) is 0. The topological polar surface area (TPSA) is 29.5 Å². The lowest BCUT2D eigenvalue weighted by atomic mass is 10.0. The van der Waals surface area contributed by atoms with E-state index in [1.54, 1.807) is 0 Å². The Morgan fingerprint density at radius 1 is 1.22 bits per heavy atom. The van der Waals surface area contributed by atoms with Crippen molar-refractivity contribution in [2.45, 2.75) is 78.5 Å². The summed E-state index contributed by atoms with van der Waals surface area (Å²) in [5.74, 6) is 0. The molecule has 0 N–H and O–H groups in total. The molecule has 2 rings (SSSR count). The molecule has 0 radical (unpaired) electrons. The van der Waals surface area contributed by atoms with Crippen molar-refractivity contribution in [1.29, 1.82) is 0 Å². The lowest BCUT2D eigenvalue weighted by molar-refractivity contribution is 0.0144. The Morgan fingerprint density at radius 2 is 1.74 bits per heavy atom. The summed E-state index contributed by atoms with van der Waals surface area (Å²) in [6, 6.07) is 4.53. The Balaban J connectivity index is 2.26. The molecule has 1 aliphatic rings. The van der Waals surface area contributed by atoms with E-state index in [1.165, 1.54) is 29.5 Å². The van der Waals surface area contributed by atoms with Crippen molar-refractivity contribution in [3.05, 3.63) is 33.3 Å². The van der Waals surface area contributed by atoms with E-state index >= 15 is 0 Å². The van der Waals surface area contributed by atoms with E-state index in [9.17, 15) is 4.79 Å². The second-order valence-electron chi connectivity index (χ2n) is 7.56. The average Bonchev–Trinajstić information content (AvgIpc) is 2.89. The quantitative estimate of drug-likeness (QED) is 0.667. The fraction of sp³-hybridized carbons (Fsp3) is 0.632. The molecule has 1 fully saturated rings. The van der Waals surface area contributed by atoms with Crippen LogP contribution in [0.3, 0.4) is 0 Å². The standard InChI is InChI=1S/C19H28BrNO2/c1-13-10-15(20)11-14(2)17(13)12-21(16-8-6-7-9-16)18(22)23-19(3,4)5/h10-11,16H,6-9,12H2,1-5H3. The van der Waals surface area contributed by atoms with Crippen LogP contribution in [0.1, 0.15) is 63.1 Å². The molecule has 1 aromatic carbocycles. The monoisotopic (exact) mass is 381 g/mol. The van der Waals surface area contributed by atoms with Gasteiger partial charge >= 0.3 is 6.09 Å². The number of aryl methyl sites for hydroxylation is 2. The molecule has 1 amide bonds. The van der Waals surface area contributed by atoms with Gasteiger partial charge in [-0.15, -0.1) is 0 Å². The maximum atomic E-state index is 12.7. The number of carbonyl (C=O) groups is 1. The molecule has 0 saturated heterocycles. The molecule has 23 heavy (non-hydrogen) atoms. The molecule has 1 saturated carbocycles. The normalized spacial score (nSPS) is 15.7. The number of halogens is 1. The van der Waals surface area contributed by atoms with Crippen molar-refractivity contribution in [3.8, 4) is 0 Å². The molecule has 0 heterocycles. The van der Waals surface area contributed by atoms with E-state index in [0.717, 1.165) is 17.3 Å². The smallest absolute Gasteiger partial charge is 0.410 e. The number of amides is 1. The third kappa shape index (κ3) is 4.97. The van der Waals surface area contributed by atoms with Crippen molar-refractivity contribution in [2.75, 3.05) is 0 Å². The lowest BCUT2D eigenvalue weighted by Gasteiger charge is -2.32. The average molecular weight is 382 g/mol. The van der Waals surface area contributed by atoms with Gasteiger partial charge < -0.3 is 9.64 Å². The van der Waals surface area contributed by atoms with Gasteiger partial charge in [-0.25, -0.2) is 4.79 Å². The molecule has 0 aliphatic heterocycles. The Kier molecular flexibility index (Phi) is 5.77. The fourth-order valence-corrected chi connectivity index (χ4v) is 3.93. The van der Waals surface area contributed by atoms with Crippen molar-refractivity contribution in [3.63, 3.8) is 0 Å². The van der Waals surface area contributed by atoms with E-state index in [-0.39, 0.29) is 6.09 Å². The number of benzene rings is 1. The molecule has 1 aromatic rings. The van der Waals surface area contributed by atoms with Gasteiger partial charge in [0.15, 0.2) is 0 Å². The van der Waals surface area contributed by atoms with Gasteiger partial charge in [0.25, 0.3) is 0 Å². The fourth-order valence-electron chi connectivity index (χ4n) is 3.24. The van der Waals surface area contributed by atoms with Gasteiger partial charge in [-0.1, -0.05) is 28.8 Å². The molecule has 4 heteroatoms. The van der Waals surface area contributed by atoms with Crippen molar-refractivity contribution < 1.29 is 9.53 Å². The van der Waals surface area contributed by atoms with E-state index in [4.69, 9.17) is 4.74 Å². The SMILES string of the molecule is Cc1cc(Br)cc(C)c1CN(C(=O)OC(C)(C)C)C1CCCC1. The third-order valence-corrected chi connectivity index (χ3v) is 4.84. The van der Waals surface area contributed by atoms with Crippen LogP contribution in [-0.4, -0.2) is 22.6 Å². The molecule has 0 atom stereocenters. The molecule has 3 nitrogen and oxygen atoms in total. The highest BCUT2D eigenvalue weighted by molar-refractivity contribution is 9.10. The Morgan fingerprint density at radius 3 is 2.22 bits per heavy atom. The van der Waals surface area contributed by atoms with Crippen LogP contribution in [0.2, 0.25) is 0 Å². The first kappa shape index (κ1) is 18.3. The van der Waals surface area contributed by atoms with Gasteiger partial charge in [0.1, 0.15) is 5.60 Å². The van der Waals surface area contributed by atoms with Crippen LogP contribution in [0.5, 0.6) is 0 Å². The maximum Gasteiger partial charge on any atom is 0.410 e. The summed E-state index contributed by atoms with van der Waals surface area (Å²) in [4.78, 5) is 14.7. The largest absolute Gasteiger partial charge is 0.444 e. The molecule has 128 valence electrons. The molecule has 0 unspecified atom stereocenters. The highest BCUT2D eigenvalue weighted by Gasteiger charge is 2.31. The van der Waals surface area contributed by atoms with Gasteiger partial charge in [-0.2, -0.15) is 0 Å². The minimum Gasteiger partial charge on any atom is -0.444 e. The van der Waals surface area contributed by atoms with Crippen LogP contribution in [0.25, 0.3) is 0 Å². The molecule has 1 aliphatic carbocycles. The highest BCUT2D eigenvalue weighted by Crippen LogP contribution is 2.29. The lowest BCUT2D eigenvalue weighted by Crippen LogP contribution is -2.42. The molecular formula is C19H28BrNO2. The van der Waals surface area contributed by atoms with E-state index < -0.39 is 5.60 Å². The second-order valence-corrected chi connectivity index (χ2v) is 8.48. The van der Waals surface area contributed by atoms with Gasteiger partial charge in [0, 0.05) is 17.1 Å². The van der Waals surface area contributed by atoms with Gasteiger partial charge in [-0.05, 0) is 76.3 Å². The number of ether oxygens (including phenoxy) is 1. The predicted molar refractivity (Wildman–Crippen MR) is 97.6 cm³/mol. The van der Waals surface area contributed by atoms with E-state index in [1.807, 2.05) is 25.7 Å². The van der Waals surface area contributed by atoms with Gasteiger partial charge in [0.05, 0.1) is 0 Å². The predicted octanol–water partition coefficient (Wildman–Crippen LogP) is 5.75. The second kappa shape index (κ2) is 7.25. The first-order valence-corrected chi connectivity index (χ1v) is 9.22. The number of carbonyl (C=O) groups excluding carboxylic acids is 1. The summed E-state index contributed by atoms with van der Waals surface area (Å²) in [6.07, 6.45) is 4.36. The zero-order chi connectivity index (χ0) is 17.2. The number of nitrogens with zero attached hydrogens (tertiary/aromatic N) is 1. The molecule has 0 spiro atoms. The number of rotatable bonds is 3. The molecular weight excluding hydrogens is 354 g/mol. The zero-order valence-electron chi connectivity index (χ0n) is 14.9. The summed E-state index contributed by atoms with van der Waals surface area (Å²) < 4.78 is 6.75. The Labute approximate surface area is 148 Å². The van der Waals surface area contributed by atoms with Crippen molar-refractivity contribution in [1.82, 2.24) is 4.90 Å². The first-order valence-electron chi connectivity index (χ1n) is 8.42. The van der Waals surface area contributed by atoms with Crippen LogP contribution in [-0.2, 0) is 11.3 Å². The summed E-state index contributed by atoms with van der Waals surface area (Å²) >= 11 is 3.54. The Bertz CT molecular complexity index is 548. The maximum absolute atomic E-state index is 12.7. The van der Waals surface area contributed by atoms with Crippen LogP contribution in [0.4, 0.5) is 4.79 Å². The van der Waals surface area contributed by atoms with E-state index in [2.05, 4.69) is 41.9 Å². The first-order chi connectivity index (χ1) is 10.7. The van der Waals surface area contributed by atoms with Gasteiger partial charge in [-0.3, -0.25) is 0 Å². The van der Waals surface area contributed by atoms with Crippen LogP contribution >= 0.6 is 15.9 Å². The summed E-state index contributed by atoms with van der Waals surface area (Å²) in [6.45, 7) is 10.6. The summed E-state index contributed by atoms with van der Waals surface area (Å²) in [5.41, 5.74) is 3.19. The van der Waals surface area contributed by atoms with Crippen LogP contribution in [0, 0.1) is 13.8 Å². The zero-order valence-corrected chi connectivity index (χ0v) is 16.5. The van der Waals surface area contributed by atoms with Crippen LogP contribution < -0.4 is 0 Å². The van der Waals surface area contributed by atoms with Crippen molar-refractivity contribution in [2.24, 2.45) is 0 Å². The van der Waals surface area contributed by atoms with Crippen LogP contribution in [0.15, 0.2) is 16.6 Å². The molecule has 0 aromatic heterocycles. The summed E-state index contributed by atoms with van der Waals surface area (Å²) in [5, 5.41) is 0. The van der Waals surface area contributed by atoms with E-state index in [0.29, 0.717) is 12.6 Å². The number of hydrogen-bond acceptors (Lipinski definition) is 2. The Hall–Kier alpha value is -1.03. The van der Waals surface area contributed by atoms with Crippen molar-refractivity contribution >= 4 is 22.0 Å². The van der Waals surface area contributed by atoms with Gasteiger partial charge in [0.2, 0.25) is 0 Å². The molecule has 0 bridgehead atoms. The summed E-state index contributed by atoms with van der Waals surface area (Å²) in [7, 11) is 0. The minimum absolute atomic E-state index is 0.189. The minimum atomic E-state index is -0.461. The third-order valence-electron chi connectivity index (χ3n) is 4.38.